The van der Waals surface area contributed by atoms with Crippen LogP contribution >= 0.6 is 11.3 Å². The highest BCUT2D eigenvalue weighted by atomic mass is 32.1. The molecule has 1 aromatic carbocycles. The van der Waals surface area contributed by atoms with E-state index in [0.29, 0.717) is 10.9 Å². The molecule has 5 nitrogen and oxygen atoms in total. The van der Waals surface area contributed by atoms with Crippen LogP contribution in [-0.2, 0) is 4.79 Å². The van der Waals surface area contributed by atoms with Gasteiger partial charge in [-0.3, -0.25) is 15.1 Å². The Morgan fingerprint density at radius 3 is 2.63 bits per heavy atom. The number of hydrogen-bond acceptors (Lipinski definition) is 5. The minimum absolute atomic E-state index is 0.316. The highest BCUT2D eigenvalue weighted by Crippen LogP contribution is 2.24. The van der Waals surface area contributed by atoms with E-state index in [-0.39, 0.29) is 5.91 Å². The second kappa shape index (κ2) is 9.00. The summed E-state index contributed by atoms with van der Waals surface area (Å²) >= 11 is 1.33. The van der Waals surface area contributed by atoms with Gasteiger partial charge in [-0.15, -0.1) is 11.3 Å². The summed E-state index contributed by atoms with van der Waals surface area (Å²) in [5.74, 6) is 0.0342. The van der Waals surface area contributed by atoms with Gasteiger partial charge in [0.25, 0.3) is 6.43 Å². The number of amides is 1. The number of halogens is 2. The van der Waals surface area contributed by atoms with E-state index in [4.69, 9.17) is 4.74 Å². The lowest BCUT2D eigenvalue weighted by molar-refractivity contribution is -0.111. The summed E-state index contributed by atoms with van der Waals surface area (Å²) in [5.41, 5.74) is 2.43. The van der Waals surface area contributed by atoms with Crippen LogP contribution in [0, 0.1) is 0 Å². The first-order valence-electron chi connectivity index (χ1n) is 7.96. The minimum Gasteiger partial charge on any atom is -0.488 e. The van der Waals surface area contributed by atoms with Crippen molar-refractivity contribution >= 4 is 28.5 Å². The molecule has 0 aliphatic rings. The van der Waals surface area contributed by atoms with Crippen LogP contribution < -0.4 is 10.1 Å². The molecule has 0 aliphatic heterocycles. The predicted molar refractivity (Wildman–Crippen MR) is 101 cm³/mol. The fourth-order valence-corrected chi connectivity index (χ4v) is 2.86. The molecule has 3 aromatic rings. The number of anilines is 1. The molecule has 0 radical (unpaired) electrons. The number of nitrogens with zero attached hydrogens (tertiary/aromatic N) is 2. The molecule has 138 valence electrons. The van der Waals surface area contributed by atoms with Gasteiger partial charge in [0.05, 0.1) is 5.69 Å². The Morgan fingerprint density at radius 1 is 1.19 bits per heavy atom. The highest BCUT2D eigenvalue weighted by molar-refractivity contribution is 7.14. The number of hydrogen-bond donors (Lipinski definition) is 1. The molecule has 0 unspecified atom stereocenters. The van der Waals surface area contributed by atoms with Gasteiger partial charge < -0.3 is 4.74 Å². The third-order valence-electron chi connectivity index (χ3n) is 3.39. The van der Waals surface area contributed by atoms with Crippen LogP contribution in [0.1, 0.15) is 5.56 Å². The first-order chi connectivity index (χ1) is 13.1. The summed E-state index contributed by atoms with van der Waals surface area (Å²) in [6, 6.07) is 10.2. The van der Waals surface area contributed by atoms with Gasteiger partial charge in [-0.05, 0) is 35.9 Å². The van der Waals surface area contributed by atoms with Crippen molar-refractivity contribution in [3.63, 3.8) is 0 Å². The molecule has 0 spiro atoms. The van der Waals surface area contributed by atoms with E-state index in [0.717, 1.165) is 16.8 Å². The summed E-state index contributed by atoms with van der Waals surface area (Å²) in [5, 5.41) is 5.05. The number of ether oxygens (including phenoxy) is 1. The molecule has 1 amide bonds. The zero-order valence-electron chi connectivity index (χ0n) is 14.0. The van der Waals surface area contributed by atoms with Crippen molar-refractivity contribution in [1.82, 2.24) is 9.97 Å². The third kappa shape index (κ3) is 5.68. The minimum atomic E-state index is -2.52. The largest absolute Gasteiger partial charge is 0.488 e. The van der Waals surface area contributed by atoms with Gasteiger partial charge in [0, 0.05) is 29.4 Å². The van der Waals surface area contributed by atoms with E-state index < -0.39 is 13.0 Å². The van der Waals surface area contributed by atoms with E-state index >= 15 is 0 Å². The molecular weight excluding hydrogens is 372 g/mol. The fraction of sp³-hybridized carbons (Fsp3) is 0.105. The second-order valence-electron chi connectivity index (χ2n) is 5.37. The summed E-state index contributed by atoms with van der Waals surface area (Å²) in [4.78, 5) is 20.4. The maximum atomic E-state index is 12.1. The third-order valence-corrected chi connectivity index (χ3v) is 4.15. The molecule has 27 heavy (non-hydrogen) atoms. The molecule has 0 aliphatic carbocycles. The molecule has 1 N–H and O–H groups in total. The second-order valence-corrected chi connectivity index (χ2v) is 6.23. The lowest BCUT2D eigenvalue weighted by Crippen LogP contribution is -2.07. The smallest absolute Gasteiger partial charge is 0.272 e. The molecule has 3 rings (SSSR count). The maximum Gasteiger partial charge on any atom is 0.272 e. The molecule has 2 aromatic heterocycles. The number of nitrogens with one attached hydrogen (secondary N) is 1. The van der Waals surface area contributed by atoms with Crippen LogP contribution in [0.2, 0.25) is 0 Å². The normalized spacial score (nSPS) is 11.1. The Kier molecular flexibility index (Phi) is 6.22. The molecule has 2 heterocycles. The standard InChI is InChI=1S/C19H15F2N3O2S/c20-17(21)11-26-15-4-1-13(2-5-15)3-6-18(25)24-19-23-16(12-27-19)14-7-9-22-10-8-14/h1-10,12,17H,11H2,(H,23,24,25)/b6-3+. The van der Waals surface area contributed by atoms with Gasteiger partial charge in [-0.25, -0.2) is 13.8 Å². The number of rotatable bonds is 7. The lowest BCUT2D eigenvalue weighted by Gasteiger charge is -2.05. The van der Waals surface area contributed by atoms with Crippen LogP contribution in [0.5, 0.6) is 5.75 Å². The van der Waals surface area contributed by atoms with Crippen LogP contribution in [0.15, 0.2) is 60.2 Å². The Hall–Kier alpha value is -3.13. The summed E-state index contributed by atoms with van der Waals surface area (Å²) in [6.45, 7) is -0.646. The fourth-order valence-electron chi connectivity index (χ4n) is 2.14. The van der Waals surface area contributed by atoms with Crippen LogP contribution in [0.4, 0.5) is 13.9 Å². The number of thiazole rings is 1. The van der Waals surface area contributed by atoms with Crippen molar-refractivity contribution in [3.8, 4) is 17.0 Å². The van der Waals surface area contributed by atoms with Gasteiger partial charge in [0.15, 0.2) is 5.13 Å². The monoisotopic (exact) mass is 387 g/mol. The Balaban J connectivity index is 1.55. The van der Waals surface area contributed by atoms with E-state index in [9.17, 15) is 13.6 Å². The molecule has 0 saturated carbocycles. The van der Waals surface area contributed by atoms with Crippen LogP contribution in [-0.4, -0.2) is 28.9 Å². The Morgan fingerprint density at radius 2 is 1.93 bits per heavy atom. The SMILES string of the molecule is O=C(/C=C/c1ccc(OCC(F)F)cc1)Nc1nc(-c2ccncc2)cs1. The van der Waals surface area contributed by atoms with Crippen LogP contribution in [0.3, 0.4) is 0 Å². The number of benzene rings is 1. The predicted octanol–water partition coefficient (Wildman–Crippen LogP) is 4.50. The van der Waals surface area contributed by atoms with Gasteiger partial charge >= 0.3 is 0 Å². The molecule has 0 atom stereocenters. The molecule has 0 fully saturated rings. The van der Waals surface area contributed by atoms with Gasteiger partial charge in [0.2, 0.25) is 5.91 Å². The molecule has 8 heteroatoms. The zero-order chi connectivity index (χ0) is 19.1. The van der Waals surface area contributed by atoms with Crippen molar-refractivity contribution in [2.45, 2.75) is 6.43 Å². The lowest BCUT2D eigenvalue weighted by atomic mass is 10.2. The number of alkyl halides is 2. The Labute approximate surface area is 158 Å². The van der Waals surface area contributed by atoms with Crippen LogP contribution in [0.25, 0.3) is 17.3 Å². The Bertz CT molecular complexity index is 912. The van der Waals surface area contributed by atoms with Gasteiger partial charge in [-0.1, -0.05) is 12.1 Å². The average molecular weight is 387 g/mol. The number of aromatic nitrogens is 2. The van der Waals surface area contributed by atoms with Crippen molar-refractivity contribution < 1.29 is 18.3 Å². The number of carbonyl (C=O) groups is 1. The van der Waals surface area contributed by atoms with E-state index in [2.05, 4.69) is 15.3 Å². The average Bonchev–Trinajstić information content (AvgIpc) is 3.14. The summed E-state index contributed by atoms with van der Waals surface area (Å²) in [6.07, 6.45) is 3.84. The van der Waals surface area contributed by atoms with E-state index in [1.54, 1.807) is 42.7 Å². The quantitative estimate of drug-likeness (QED) is 0.606. The van der Waals surface area contributed by atoms with Gasteiger partial charge in [0.1, 0.15) is 12.4 Å². The first-order valence-corrected chi connectivity index (χ1v) is 8.84. The zero-order valence-corrected chi connectivity index (χ0v) is 14.8. The highest BCUT2D eigenvalue weighted by Gasteiger charge is 2.06. The van der Waals surface area contributed by atoms with Gasteiger partial charge in [-0.2, -0.15) is 0 Å². The molecule has 0 bridgehead atoms. The summed E-state index contributed by atoms with van der Waals surface area (Å²) < 4.78 is 29.1. The van der Waals surface area contributed by atoms with Crippen molar-refractivity contribution in [3.05, 3.63) is 65.8 Å². The maximum absolute atomic E-state index is 12.1. The van der Waals surface area contributed by atoms with Crippen molar-refractivity contribution in [1.29, 1.82) is 0 Å². The van der Waals surface area contributed by atoms with Crippen molar-refractivity contribution in [2.75, 3.05) is 11.9 Å². The van der Waals surface area contributed by atoms with E-state index in [1.807, 2.05) is 17.5 Å². The molecular formula is C19H15F2N3O2S. The number of carbonyl (C=O) groups excluding carboxylic acids is 1. The van der Waals surface area contributed by atoms with Crippen molar-refractivity contribution in [2.24, 2.45) is 0 Å². The molecule has 0 saturated heterocycles. The summed E-state index contributed by atoms with van der Waals surface area (Å²) in [7, 11) is 0. The first kappa shape index (κ1) is 18.7. The van der Waals surface area contributed by atoms with E-state index in [1.165, 1.54) is 17.4 Å². The number of pyridine rings is 1. The topological polar surface area (TPSA) is 64.1 Å².